The minimum Gasteiger partial charge on any atom is -0.323 e. The maximum absolute atomic E-state index is 13.7. The summed E-state index contributed by atoms with van der Waals surface area (Å²) in [5.41, 5.74) is 2.59. The van der Waals surface area contributed by atoms with Gasteiger partial charge in [-0.3, -0.25) is 14.7 Å². The van der Waals surface area contributed by atoms with E-state index in [1.165, 1.54) is 24.8 Å². The molecule has 3 fully saturated rings. The highest BCUT2D eigenvalue weighted by Gasteiger charge is 2.55. The van der Waals surface area contributed by atoms with Crippen LogP contribution in [0.5, 0.6) is 0 Å². The molecule has 1 spiro atoms. The molecular formula is C29H39N5O2. The van der Waals surface area contributed by atoms with Crippen molar-refractivity contribution in [2.45, 2.75) is 62.9 Å². The van der Waals surface area contributed by atoms with E-state index in [-0.39, 0.29) is 29.6 Å². The Morgan fingerprint density at radius 3 is 2.42 bits per heavy atom. The van der Waals surface area contributed by atoms with Crippen molar-refractivity contribution in [2.24, 2.45) is 5.92 Å². The van der Waals surface area contributed by atoms with E-state index < -0.39 is 0 Å². The van der Waals surface area contributed by atoms with E-state index in [1.54, 1.807) is 11.1 Å². The largest absolute Gasteiger partial charge is 0.323 e. The third kappa shape index (κ3) is 4.49. The van der Waals surface area contributed by atoms with Gasteiger partial charge in [0.05, 0.1) is 16.9 Å². The van der Waals surface area contributed by atoms with E-state index in [0.717, 1.165) is 37.9 Å². The van der Waals surface area contributed by atoms with Gasteiger partial charge in [0.1, 0.15) is 6.54 Å². The molecule has 1 saturated heterocycles. The Bertz CT molecular complexity index is 1090. The van der Waals surface area contributed by atoms with Gasteiger partial charge >= 0.3 is 6.03 Å². The van der Waals surface area contributed by atoms with Crippen LogP contribution >= 0.6 is 0 Å². The minimum absolute atomic E-state index is 0.0250. The number of urea groups is 1. The number of rotatable bonds is 7. The molecule has 3 aliphatic rings. The van der Waals surface area contributed by atoms with Gasteiger partial charge in [-0.1, -0.05) is 36.8 Å². The first-order valence-corrected chi connectivity index (χ1v) is 13.3. The third-order valence-electron chi connectivity index (χ3n) is 9.02. The number of aryl methyl sites for hydroxylation is 1. The topological polar surface area (TPSA) is 68.8 Å². The SMILES string of the molecule is Cc1ncccc1NC(=O)CN1C[C@]2(CC[C@](c3ccccc3)(N(C)C)CC2)N(CC2CCC2)C1=O. The van der Waals surface area contributed by atoms with Gasteiger partial charge in [0, 0.05) is 24.8 Å². The zero-order valence-electron chi connectivity index (χ0n) is 21.9. The van der Waals surface area contributed by atoms with Gasteiger partial charge in [-0.2, -0.15) is 0 Å². The first kappa shape index (κ1) is 24.8. The number of pyridine rings is 1. The molecule has 2 aliphatic carbocycles. The van der Waals surface area contributed by atoms with Gasteiger partial charge in [-0.25, -0.2) is 4.79 Å². The van der Waals surface area contributed by atoms with Crippen LogP contribution in [0.1, 0.15) is 56.2 Å². The van der Waals surface area contributed by atoms with Crippen molar-refractivity contribution in [1.82, 2.24) is 19.7 Å². The van der Waals surface area contributed by atoms with E-state index in [1.807, 2.05) is 19.1 Å². The van der Waals surface area contributed by atoms with Gasteiger partial charge < -0.3 is 15.1 Å². The summed E-state index contributed by atoms with van der Waals surface area (Å²) in [6.45, 7) is 3.39. The highest BCUT2D eigenvalue weighted by atomic mass is 16.2. The van der Waals surface area contributed by atoms with Gasteiger partial charge in [0.2, 0.25) is 5.91 Å². The molecule has 0 unspecified atom stereocenters. The fourth-order valence-electron chi connectivity index (χ4n) is 6.49. The number of carbonyl (C=O) groups excluding carboxylic acids is 2. The maximum atomic E-state index is 13.7. The molecule has 1 aromatic heterocycles. The second-order valence-electron chi connectivity index (χ2n) is 11.2. The van der Waals surface area contributed by atoms with Crippen molar-refractivity contribution in [3.8, 4) is 0 Å². The van der Waals surface area contributed by atoms with Crippen LogP contribution in [0.3, 0.4) is 0 Å². The monoisotopic (exact) mass is 489 g/mol. The van der Waals surface area contributed by atoms with Gasteiger partial charge in [-0.15, -0.1) is 0 Å². The molecule has 1 aromatic carbocycles. The van der Waals surface area contributed by atoms with Crippen LogP contribution in [0.2, 0.25) is 0 Å². The van der Waals surface area contributed by atoms with Gasteiger partial charge in [-0.05, 0) is 83.2 Å². The van der Waals surface area contributed by atoms with Crippen molar-refractivity contribution in [3.63, 3.8) is 0 Å². The van der Waals surface area contributed by atoms with Crippen molar-refractivity contribution in [1.29, 1.82) is 0 Å². The van der Waals surface area contributed by atoms with Crippen molar-refractivity contribution in [2.75, 3.05) is 39.0 Å². The summed E-state index contributed by atoms with van der Waals surface area (Å²) in [5.74, 6) is 0.426. The van der Waals surface area contributed by atoms with Crippen molar-refractivity contribution < 1.29 is 9.59 Å². The number of nitrogens with zero attached hydrogens (tertiary/aromatic N) is 4. The number of amides is 3. The average Bonchev–Trinajstić information content (AvgIpc) is 3.08. The summed E-state index contributed by atoms with van der Waals surface area (Å²) in [6.07, 6.45) is 9.24. The van der Waals surface area contributed by atoms with Crippen LogP contribution in [0.4, 0.5) is 10.5 Å². The number of hydrogen-bond acceptors (Lipinski definition) is 4. The van der Waals surface area contributed by atoms with Crippen molar-refractivity contribution >= 4 is 17.6 Å². The standard InChI is InChI=1S/C29H39N5O2/c1-22-25(13-8-18-30-22)31-26(35)20-33-21-28(34(27(33)36)19-23-9-7-10-23)14-16-29(17-15-28,32(2)3)24-11-5-4-6-12-24/h4-6,8,11-13,18,23H,7,9-10,14-17,19-21H2,1-3H3,(H,31,35)/t28-,29+. The molecular weight excluding hydrogens is 450 g/mol. The maximum Gasteiger partial charge on any atom is 0.321 e. The summed E-state index contributed by atoms with van der Waals surface area (Å²) in [6, 6.07) is 14.5. The molecule has 7 nitrogen and oxygen atoms in total. The quantitative estimate of drug-likeness (QED) is 0.615. The molecule has 0 bridgehead atoms. The number of anilines is 1. The van der Waals surface area contributed by atoms with Crippen molar-refractivity contribution in [3.05, 3.63) is 59.9 Å². The number of hydrogen-bond donors (Lipinski definition) is 1. The molecule has 0 radical (unpaired) electrons. The third-order valence-corrected chi connectivity index (χ3v) is 9.02. The Balaban J connectivity index is 1.35. The minimum atomic E-state index is -0.203. The Morgan fingerprint density at radius 1 is 1.08 bits per heavy atom. The lowest BCUT2D eigenvalue weighted by Gasteiger charge is -2.51. The molecule has 3 amide bonds. The first-order valence-electron chi connectivity index (χ1n) is 13.3. The van der Waals surface area contributed by atoms with Crippen LogP contribution in [0, 0.1) is 12.8 Å². The summed E-state index contributed by atoms with van der Waals surface area (Å²) >= 11 is 0. The van der Waals surface area contributed by atoms with Crippen LogP contribution in [-0.2, 0) is 10.3 Å². The van der Waals surface area contributed by atoms with Gasteiger partial charge in [0.15, 0.2) is 0 Å². The highest BCUT2D eigenvalue weighted by molar-refractivity contribution is 5.95. The summed E-state index contributed by atoms with van der Waals surface area (Å²) in [7, 11) is 4.35. The predicted octanol–water partition coefficient (Wildman–Crippen LogP) is 4.64. The van der Waals surface area contributed by atoms with Crippen LogP contribution in [0.25, 0.3) is 0 Å². The molecule has 36 heavy (non-hydrogen) atoms. The predicted molar refractivity (Wildman–Crippen MR) is 142 cm³/mol. The Hall–Kier alpha value is -2.93. The average molecular weight is 490 g/mol. The number of aromatic nitrogens is 1. The molecule has 7 heteroatoms. The van der Waals surface area contributed by atoms with Gasteiger partial charge in [0.25, 0.3) is 0 Å². The van der Waals surface area contributed by atoms with Crippen LogP contribution in [-0.4, -0.2) is 70.9 Å². The van der Waals surface area contributed by atoms with E-state index in [0.29, 0.717) is 18.2 Å². The Labute approximate surface area is 214 Å². The molecule has 2 saturated carbocycles. The highest BCUT2D eigenvalue weighted by Crippen LogP contribution is 2.49. The molecule has 2 heterocycles. The Morgan fingerprint density at radius 2 is 1.81 bits per heavy atom. The molecule has 1 N–H and O–H groups in total. The van der Waals surface area contributed by atoms with Crippen LogP contribution in [0.15, 0.2) is 48.7 Å². The molecule has 1 aliphatic heterocycles. The van der Waals surface area contributed by atoms with E-state index in [2.05, 4.69) is 64.5 Å². The normalized spacial score (nSPS) is 26.5. The molecule has 5 rings (SSSR count). The zero-order chi connectivity index (χ0) is 25.3. The molecule has 2 aromatic rings. The first-order chi connectivity index (χ1) is 17.3. The zero-order valence-corrected chi connectivity index (χ0v) is 21.9. The van der Waals surface area contributed by atoms with E-state index in [9.17, 15) is 9.59 Å². The number of nitrogens with one attached hydrogen (secondary N) is 1. The molecule has 192 valence electrons. The summed E-state index contributed by atoms with van der Waals surface area (Å²) in [5, 5.41) is 2.96. The second-order valence-corrected chi connectivity index (χ2v) is 11.2. The van der Waals surface area contributed by atoms with E-state index in [4.69, 9.17) is 0 Å². The van der Waals surface area contributed by atoms with E-state index >= 15 is 0 Å². The summed E-state index contributed by atoms with van der Waals surface area (Å²) < 4.78 is 0. The Kier molecular flexibility index (Phi) is 6.77. The lowest BCUT2D eigenvalue weighted by Crippen LogP contribution is -2.56. The summed E-state index contributed by atoms with van der Waals surface area (Å²) in [4.78, 5) is 37.2. The second kappa shape index (κ2) is 9.85. The smallest absolute Gasteiger partial charge is 0.321 e. The molecule has 0 atom stereocenters. The number of carbonyl (C=O) groups is 2. The van der Waals surface area contributed by atoms with Crippen LogP contribution < -0.4 is 5.32 Å². The number of benzene rings is 1. The lowest BCUT2D eigenvalue weighted by molar-refractivity contribution is -0.116. The fraction of sp³-hybridized carbons (Fsp3) is 0.552. The fourth-order valence-corrected chi connectivity index (χ4v) is 6.49. The lowest BCUT2D eigenvalue weighted by atomic mass is 9.68.